The van der Waals surface area contributed by atoms with Crippen molar-refractivity contribution in [2.75, 3.05) is 11.6 Å². The standard InChI is InChI=1S/C10H14ClNS/c1-9(6-11)7-13-8-10-2-4-12-5-3-10/h2-5,9H,6-8H2,1H3. The molecule has 72 valence electrons. The van der Waals surface area contributed by atoms with Crippen molar-refractivity contribution in [1.29, 1.82) is 0 Å². The first kappa shape index (κ1) is 10.9. The molecule has 0 aromatic carbocycles. The average Bonchev–Trinajstić information content (AvgIpc) is 2.19. The Morgan fingerprint density at radius 1 is 1.46 bits per heavy atom. The molecule has 1 atom stereocenters. The highest BCUT2D eigenvalue weighted by molar-refractivity contribution is 7.98. The normalized spacial score (nSPS) is 12.8. The summed E-state index contributed by atoms with van der Waals surface area (Å²) in [6.45, 7) is 2.17. The minimum atomic E-state index is 0.605. The van der Waals surface area contributed by atoms with Crippen LogP contribution in [0, 0.1) is 5.92 Å². The Bertz CT molecular complexity index is 228. The predicted molar refractivity (Wildman–Crippen MR) is 60.3 cm³/mol. The lowest BCUT2D eigenvalue weighted by atomic mass is 10.3. The van der Waals surface area contributed by atoms with Crippen LogP contribution in [0.5, 0.6) is 0 Å². The van der Waals surface area contributed by atoms with Crippen molar-refractivity contribution in [3.8, 4) is 0 Å². The van der Waals surface area contributed by atoms with Crippen LogP contribution in [0.2, 0.25) is 0 Å². The van der Waals surface area contributed by atoms with E-state index in [1.165, 1.54) is 5.56 Å². The highest BCUT2D eigenvalue weighted by atomic mass is 35.5. The zero-order valence-corrected chi connectivity index (χ0v) is 9.31. The van der Waals surface area contributed by atoms with Crippen LogP contribution in [0.4, 0.5) is 0 Å². The number of hydrogen-bond donors (Lipinski definition) is 0. The van der Waals surface area contributed by atoms with Crippen LogP contribution in [0.1, 0.15) is 12.5 Å². The van der Waals surface area contributed by atoms with Gasteiger partial charge in [0.15, 0.2) is 0 Å². The van der Waals surface area contributed by atoms with E-state index >= 15 is 0 Å². The van der Waals surface area contributed by atoms with E-state index in [2.05, 4.69) is 24.0 Å². The summed E-state index contributed by atoms with van der Waals surface area (Å²) in [5, 5.41) is 0. The maximum atomic E-state index is 5.71. The number of rotatable bonds is 5. The van der Waals surface area contributed by atoms with Gasteiger partial charge in [0, 0.05) is 24.0 Å². The third-order valence-corrected chi connectivity index (χ3v) is 3.55. The Morgan fingerprint density at radius 3 is 2.77 bits per heavy atom. The second kappa shape index (κ2) is 6.28. The summed E-state index contributed by atoms with van der Waals surface area (Å²) < 4.78 is 0. The van der Waals surface area contributed by atoms with Crippen LogP contribution in [-0.2, 0) is 5.75 Å². The Balaban J connectivity index is 2.20. The molecular formula is C10H14ClNS. The highest BCUT2D eigenvalue weighted by Gasteiger charge is 1.99. The molecule has 0 amide bonds. The molecule has 0 N–H and O–H groups in total. The molecule has 1 unspecified atom stereocenters. The predicted octanol–water partition coefficient (Wildman–Crippen LogP) is 3.19. The summed E-state index contributed by atoms with van der Waals surface area (Å²) in [6, 6.07) is 4.11. The van der Waals surface area contributed by atoms with Gasteiger partial charge in [0.2, 0.25) is 0 Å². The minimum absolute atomic E-state index is 0.605. The maximum Gasteiger partial charge on any atom is 0.0270 e. The second-order valence-electron chi connectivity index (χ2n) is 3.13. The number of thioether (sulfide) groups is 1. The lowest BCUT2D eigenvalue weighted by Crippen LogP contribution is -1.99. The van der Waals surface area contributed by atoms with Gasteiger partial charge in [0.25, 0.3) is 0 Å². The van der Waals surface area contributed by atoms with E-state index < -0.39 is 0 Å². The number of pyridine rings is 1. The number of halogens is 1. The molecule has 13 heavy (non-hydrogen) atoms. The van der Waals surface area contributed by atoms with Crippen molar-refractivity contribution in [2.24, 2.45) is 5.92 Å². The molecular weight excluding hydrogens is 202 g/mol. The van der Waals surface area contributed by atoms with Crippen molar-refractivity contribution in [1.82, 2.24) is 4.98 Å². The fraction of sp³-hybridized carbons (Fsp3) is 0.500. The van der Waals surface area contributed by atoms with Crippen LogP contribution in [-0.4, -0.2) is 16.6 Å². The van der Waals surface area contributed by atoms with Crippen LogP contribution in [0.15, 0.2) is 24.5 Å². The smallest absolute Gasteiger partial charge is 0.0270 e. The van der Waals surface area contributed by atoms with Gasteiger partial charge in [-0.1, -0.05) is 6.92 Å². The van der Waals surface area contributed by atoms with Crippen LogP contribution in [0.3, 0.4) is 0 Å². The van der Waals surface area contributed by atoms with Gasteiger partial charge < -0.3 is 0 Å². The lowest BCUT2D eigenvalue weighted by Gasteiger charge is -2.06. The molecule has 1 aromatic heterocycles. The number of hydrogen-bond acceptors (Lipinski definition) is 2. The molecule has 0 spiro atoms. The molecule has 3 heteroatoms. The first-order valence-electron chi connectivity index (χ1n) is 4.35. The number of aromatic nitrogens is 1. The zero-order valence-electron chi connectivity index (χ0n) is 7.74. The quantitative estimate of drug-likeness (QED) is 0.700. The SMILES string of the molecule is CC(CCl)CSCc1ccncc1. The summed E-state index contributed by atoms with van der Waals surface area (Å²) in [5.41, 5.74) is 1.33. The van der Waals surface area contributed by atoms with Crippen LogP contribution in [0.25, 0.3) is 0 Å². The Labute approximate surface area is 88.9 Å². The average molecular weight is 216 g/mol. The molecule has 0 bridgehead atoms. The third-order valence-electron chi connectivity index (χ3n) is 1.68. The molecule has 1 nitrogen and oxygen atoms in total. The Morgan fingerprint density at radius 2 is 2.15 bits per heavy atom. The summed E-state index contributed by atoms with van der Waals surface area (Å²) in [7, 11) is 0. The van der Waals surface area contributed by atoms with Crippen molar-refractivity contribution >= 4 is 23.4 Å². The van der Waals surface area contributed by atoms with Crippen LogP contribution >= 0.6 is 23.4 Å². The Kier molecular flexibility index (Phi) is 5.25. The van der Waals surface area contributed by atoms with Crippen molar-refractivity contribution in [3.05, 3.63) is 30.1 Å². The first-order valence-corrected chi connectivity index (χ1v) is 6.04. The molecule has 0 aliphatic carbocycles. The van der Waals surface area contributed by atoms with Gasteiger partial charge in [-0.3, -0.25) is 4.98 Å². The van der Waals surface area contributed by atoms with E-state index in [-0.39, 0.29) is 0 Å². The Hall–Kier alpha value is -0.210. The van der Waals surface area contributed by atoms with Gasteiger partial charge in [0.05, 0.1) is 0 Å². The summed E-state index contributed by atoms with van der Waals surface area (Å²) in [6.07, 6.45) is 3.67. The summed E-state index contributed by atoms with van der Waals surface area (Å²) in [5.74, 6) is 3.55. The van der Waals surface area contributed by atoms with E-state index in [1.807, 2.05) is 24.2 Å². The third kappa shape index (κ3) is 4.53. The van der Waals surface area contributed by atoms with Crippen LogP contribution < -0.4 is 0 Å². The molecule has 0 aliphatic rings. The molecule has 0 saturated carbocycles. The van der Waals surface area contributed by atoms with E-state index in [9.17, 15) is 0 Å². The van der Waals surface area contributed by atoms with Gasteiger partial charge in [-0.2, -0.15) is 11.8 Å². The van der Waals surface area contributed by atoms with E-state index in [0.717, 1.165) is 17.4 Å². The lowest BCUT2D eigenvalue weighted by molar-refractivity contribution is 0.759. The summed E-state index contributed by atoms with van der Waals surface area (Å²) >= 11 is 7.64. The minimum Gasteiger partial charge on any atom is -0.265 e. The maximum absolute atomic E-state index is 5.71. The van der Waals surface area contributed by atoms with Crippen molar-refractivity contribution in [2.45, 2.75) is 12.7 Å². The van der Waals surface area contributed by atoms with Gasteiger partial charge >= 0.3 is 0 Å². The van der Waals surface area contributed by atoms with Gasteiger partial charge in [-0.05, 0) is 29.4 Å². The van der Waals surface area contributed by atoms with Gasteiger partial charge in [0.1, 0.15) is 0 Å². The monoisotopic (exact) mass is 215 g/mol. The molecule has 1 heterocycles. The zero-order chi connectivity index (χ0) is 9.52. The van der Waals surface area contributed by atoms with E-state index in [0.29, 0.717) is 5.92 Å². The largest absolute Gasteiger partial charge is 0.265 e. The van der Waals surface area contributed by atoms with Crippen molar-refractivity contribution < 1.29 is 0 Å². The van der Waals surface area contributed by atoms with E-state index in [1.54, 1.807) is 0 Å². The topological polar surface area (TPSA) is 12.9 Å². The fourth-order valence-electron chi connectivity index (χ4n) is 0.902. The van der Waals surface area contributed by atoms with Gasteiger partial charge in [-0.15, -0.1) is 11.6 Å². The fourth-order valence-corrected chi connectivity index (χ4v) is 2.21. The summed E-state index contributed by atoms with van der Waals surface area (Å²) in [4.78, 5) is 3.97. The molecule has 1 aromatic rings. The molecule has 0 saturated heterocycles. The molecule has 0 aliphatic heterocycles. The molecule has 0 radical (unpaired) electrons. The highest BCUT2D eigenvalue weighted by Crippen LogP contribution is 2.15. The number of nitrogens with zero attached hydrogens (tertiary/aromatic N) is 1. The number of alkyl halides is 1. The molecule has 1 rings (SSSR count). The van der Waals surface area contributed by atoms with Gasteiger partial charge in [-0.25, -0.2) is 0 Å². The first-order chi connectivity index (χ1) is 6.33. The second-order valence-corrected chi connectivity index (χ2v) is 4.47. The molecule has 0 fully saturated rings. The van der Waals surface area contributed by atoms with E-state index in [4.69, 9.17) is 11.6 Å². The van der Waals surface area contributed by atoms with Crippen molar-refractivity contribution in [3.63, 3.8) is 0 Å².